The zero-order valence-electron chi connectivity index (χ0n) is 17.3. The van der Waals surface area contributed by atoms with E-state index in [2.05, 4.69) is 9.97 Å². The van der Waals surface area contributed by atoms with E-state index in [1.165, 1.54) is 7.11 Å². The number of para-hydroxylation sites is 1. The number of benzene rings is 1. The van der Waals surface area contributed by atoms with Crippen LogP contribution in [0.4, 0.5) is 13.2 Å². The molecule has 0 aliphatic carbocycles. The Labute approximate surface area is 177 Å². The summed E-state index contributed by atoms with van der Waals surface area (Å²) in [6.07, 6.45) is -2.95. The first-order valence-corrected chi connectivity index (χ1v) is 9.97. The molecule has 3 aromatic rings. The van der Waals surface area contributed by atoms with Crippen LogP contribution in [0, 0.1) is 6.92 Å². The summed E-state index contributed by atoms with van der Waals surface area (Å²) in [5.74, 6) is 0.367. The molecule has 1 amide bonds. The Morgan fingerprint density at radius 3 is 2.58 bits per heavy atom. The molecule has 0 radical (unpaired) electrons. The Hall–Kier alpha value is -3.07. The molecule has 1 aromatic carbocycles. The Morgan fingerprint density at radius 2 is 1.90 bits per heavy atom. The number of methoxy groups -OCH3 is 1. The lowest BCUT2D eigenvalue weighted by Crippen LogP contribution is -2.48. The van der Waals surface area contributed by atoms with Crippen LogP contribution in [0.5, 0.6) is 5.75 Å². The first kappa shape index (κ1) is 21.2. The summed E-state index contributed by atoms with van der Waals surface area (Å²) in [4.78, 5) is 23.1. The van der Waals surface area contributed by atoms with Crippen LogP contribution in [0.15, 0.2) is 36.5 Å². The highest BCUT2D eigenvalue weighted by Crippen LogP contribution is 2.36. The summed E-state index contributed by atoms with van der Waals surface area (Å²) < 4.78 is 46.1. The molecule has 0 unspecified atom stereocenters. The van der Waals surface area contributed by atoms with E-state index in [9.17, 15) is 18.0 Å². The van der Waals surface area contributed by atoms with Gasteiger partial charge in [0.05, 0.1) is 12.7 Å². The molecule has 9 heteroatoms. The molecular weight excluding hydrogens is 409 g/mol. The Bertz CT molecular complexity index is 1100. The van der Waals surface area contributed by atoms with Gasteiger partial charge in [-0.05, 0) is 30.7 Å². The predicted molar refractivity (Wildman–Crippen MR) is 110 cm³/mol. The van der Waals surface area contributed by atoms with Crippen molar-refractivity contribution in [2.45, 2.75) is 19.6 Å². The van der Waals surface area contributed by atoms with E-state index in [0.29, 0.717) is 42.9 Å². The lowest BCUT2D eigenvalue weighted by molar-refractivity contribution is -0.141. The number of fused-ring (bicyclic) bond motifs is 1. The number of nitrogens with zero attached hydrogens (tertiary/aromatic N) is 3. The third-order valence-electron chi connectivity index (χ3n) is 5.56. The van der Waals surface area contributed by atoms with E-state index in [0.717, 1.165) is 5.56 Å². The molecule has 1 fully saturated rings. The largest absolute Gasteiger partial charge is 0.496 e. The number of nitrogens with one attached hydrogen (secondary N) is 1. The minimum Gasteiger partial charge on any atom is -0.496 e. The number of rotatable bonds is 4. The molecule has 0 bridgehead atoms. The SMILES string of the molecule is COc1ccccc1C(=O)N1CCN(Cc2c(C(F)(F)F)[nH]c3ncc(C)cc23)CC1. The molecule has 0 spiro atoms. The van der Waals surface area contributed by atoms with Gasteiger partial charge in [0.1, 0.15) is 17.1 Å². The average Bonchev–Trinajstić information content (AvgIpc) is 3.12. The monoisotopic (exact) mass is 432 g/mol. The zero-order chi connectivity index (χ0) is 22.2. The van der Waals surface area contributed by atoms with Gasteiger partial charge in [-0.1, -0.05) is 12.1 Å². The number of hydrogen-bond acceptors (Lipinski definition) is 4. The highest BCUT2D eigenvalue weighted by Gasteiger charge is 2.37. The molecule has 31 heavy (non-hydrogen) atoms. The fourth-order valence-corrected chi connectivity index (χ4v) is 3.96. The van der Waals surface area contributed by atoms with E-state index >= 15 is 0 Å². The average molecular weight is 432 g/mol. The van der Waals surface area contributed by atoms with Crippen LogP contribution in [0.1, 0.15) is 27.2 Å². The number of piperazine rings is 1. The van der Waals surface area contributed by atoms with Crippen molar-refractivity contribution in [3.05, 3.63) is 58.9 Å². The van der Waals surface area contributed by atoms with Crippen molar-refractivity contribution >= 4 is 16.9 Å². The van der Waals surface area contributed by atoms with Crippen LogP contribution in [0.25, 0.3) is 11.0 Å². The second-order valence-corrected chi connectivity index (χ2v) is 7.65. The van der Waals surface area contributed by atoms with Crippen molar-refractivity contribution in [3.63, 3.8) is 0 Å². The highest BCUT2D eigenvalue weighted by molar-refractivity contribution is 5.97. The van der Waals surface area contributed by atoms with E-state index < -0.39 is 11.9 Å². The number of pyridine rings is 1. The standard InChI is InChI=1S/C22H23F3N4O2/c1-14-11-16-17(19(22(23,24)25)27-20(16)26-12-14)13-28-7-9-29(10-8-28)21(30)15-5-3-4-6-18(15)31-2/h3-6,11-12H,7-10,13H2,1-2H3,(H,26,27). The zero-order valence-corrected chi connectivity index (χ0v) is 17.3. The summed E-state index contributed by atoms with van der Waals surface area (Å²) >= 11 is 0. The number of ether oxygens (including phenoxy) is 1. The van der Waals surface area contributed by atoms with Crippen LogP contribution in [-0.4, -0.2) is 59.0 Å². The summed E-state index contributed by atoms with van der Waals surface area (Å²) in [7, 11) is 1.51. The number of H-pyrrole nitrogens is 1. The van der Waals surface area contributed by atoms with E-state index in [-0.39, 0.29) is 23.7 Å². The van der Waals surface area contributed by atoms with Crippen molar-refractivity contribution in [3.8, 4) is 5.75 Å². The van der Waals surface area contributed by atoms with Crippen LogP contribution in [0.3, 0.4) is 0 Å². The number of aryl methyl sites for hydroxylation is 1. The third kappa shape index (κ3) is 4.23. The number of alkyl halides is 3. The van der Waals surface area contributed by atoms with Crippen LogP contribution < -0.4 is 4.74 Å². The van der Waals surface area contributed by atoms with Crippen molar-refractivity contribution in [2.24, 2.45) is 0 Å². The normalized spacial score (nSPS) is 15.5. The van der Waals surface area contributed by atoms with Gasteiger partial charge in [0.25, 0.3) is 5.91 Å². The minimum absolute atomic E-state index is 0.136. The second kappa shape index (κ2) is 8.22. The number of amides is 1. The van der Waals surface area contributed by atoms with Gasteiger partial charge in [-0.25, -0.2) is 4.98 Å². The molecular formula is C22H23F3N4O2. The molecule has 0 atom stereocenters. The second-order valence-electron chi connectivity index (χ2n) is 7.65. The Morgan fingerprint density at radius 1 is 1.19 bits per heavy atom. The molecule has 1 aliphatic heterocycles. The Balaban J connectivity index is 1.51. The van der Waals surface area contributed by atoms with Crippen molar-refractivity contribution in [1.29, 1.82) is 0 Å². The number of aromatic nitrogens is 2. The van der Waals surface area contributed by atoms with Gasteiger partial charge < -0.3 is 14.6 Å². The van der Waals surface area contributed by atoms with Gasteiger partial charge in [-0.15, -0.1) is 0 Å². The van der Waals surface area contributed by atoms with Crippen LogP contribution in [0.2, 0.25) is 0 Å². The topological polar surface area (TPSA) is 61.5 Å². The van der Waals surface area contributed by atoms with Gasteiger partial charge in [0, 0.05) is 49.9 Å². The number of carbonyl (C=O) groups is 1. The van der Waals surface area contributed by atoms with Gasteiger partial charge >= 0.3 is 6.18 Å². The summed E-state index contributed by atoms with van der Waals surface area (Å²) in [6.45, 7) is 3.75. The first-order valence-electron chi connectivity index (χ1n) is 9.97. The number of hydrogen-bond donors (Lipinski definition) is 1. The van der Waals surface area contributed by atoms with Crippen molar-refractivity contribution in [2.75, 3.05) is 33.3 Å². The maximum Gasteiger partial charge on any atom is 0.431 e. The summed E-state index contributed by atoms with van der Waals surface area (Å²) in [6, 6.07) is 8.74. The molecule has 2 aromatic heterocycles. The number of halogens is 3. The maximum absolute atomic E-state index is 13.6. The third-order valence-corrected chi connectivity index (χ3v) is 5.56. The lowest BCUT2D eigenvalue weighted by atomic mass is 10.1. The quantitative estimate of drug-likeness (QED) is 0.680. The Kier molecular flexibility index (Phi) is 5.62. The van der Waals surface area contributed by atoms with Gasteiger partial charge in [-0.3, -0.25) is 9.69 Å². The molecule has 6 nitrogen and oxygen atoms in total. The molecule has 164 valence electrons. The maximum atomic E-state index is 13.6. The van der Waals surface area contributed by atoms with Crippen LogP contribution >= 0.6 is 0 Å². The summed E-state index contributed by atoms with van der Waals surface area (Å²) in [5.41, 5.74) is 0.957. The fraction of sp³-hybridized carbons (Fsp3) is 0.364. The van der Waals surface area contributed by atoms with Gasteiger partial charge in [-0.2, -0.15) is 13.2 Å². The predicted octanol–water partition coefficient (Wildman–Crippen LogP) is 3.86. The van der Waals surface area contributed by atoms with Gasteiger partial charge in [0.15, 0.2) is 0 Å². The first-order chi connectivity index (χ1) is 14.8. The van der Waals surface area contributed by atoms with Gasteiger partial charge in [0.2, 0.25) is 0 Å². The molecule has 1 aliphatic rings. The molecule has 4 rings (SSSR count). The summed E-state index contributed by atoms with van der Waals surface area (Å²) in [5, 5.41) is 0.486. The molecule has 1 N–H and O–H groups in total. The van der Waals surface area contributed by atoms with E-state index in [1.807, 2.05) is 4.90 Å². The minimum atomic E-state index is -4.49. The molecule has 3 heterocycles. The number of carbonyl (C=O) groups excluding carboxylic acids is 1. The number of aromatic amines is 1. The molecule has 1 saturated heterocycles. The smallest absolute Gasteiger partial charge is 0.431 e. The fourth-order valence-electron chi connectivity index (χ4n) is 3.96. The highest BCUT2D eigenvalue weighted by atomic mass is 19.4. The van der Waals surface area contributed by atoms with Crippen molar-refractivity contribution in [1.82, 2.24) is 19.8 Å². The van der Waals surface area contributed by atoms with Crippen LogP contribution in [-0.2, 0) is 12.7 Å². The van der Waals surface area contributed by atoms with E-state index in [1.54, 1.807) is 48.4 Å². The lowest BCUT2D eigenvalue weighted by Gasteiger charge is -2.35. The molecule has 0 saturated carbocycles. The van der Waals surface area contributed by atoms with Crippen molar-refractivity contribution < 1.29 is 22.7 Å². The van der Waals surface area contributed by atoms with E-state index in [4.69, 9.17) is 4.74 Å².